The van der Waals surface area contributed by atoms with Crippen LogP contribution in [0.2, 0.25) is 0 Å². The van der Waals surface area contributed by atoms with E-state index in [4.69, 9.17) is 18.6 Å². The van der Waals surface area contributed by atoms with Crippen molar-refractivity contribution in [1.29, 1.82) is 0 Å². The number of ether oxygens (including phenoxy) is 3. The van der Waals surface area contributed by atoms with E-state index in [1.165, 1.54) is 6.92 Å². The molecule has 0 fully saturated rings. The lowest BCUT2D eigenvalue weighted by Crippen LogP contribution is -2.08. The third kappa shape index (κ3) is 5.14. The van der Waals surface area contributed by atoms with Crippen molar-refractivity contribution in [3.63, 3.8) is 0 Å². The average molecular weight is 350 g/mol. The van der Waals surface area contributed by atoms with Crippen LogP contribution in [-0.2, 0) is 9.53 Å². The fraction of sp³-hybridized carbons (Fsp3) is 0.444. The second-order valence-electron chi connectivity index (χ2n) is 5.47. The number of benzene rings is 1. The van der Waals surface area contributed by atoms with Crippen LogP contribution in [0.15, 0.2) is 27.4 Å². The maximum absolute atomic E-state index is 11.9. The topological polar surface area (TPSA) is 95.2 Å². The quantitative estimate of drug-likeness (QED) is 0.422. The van der Waals surface area contributed by atoms with Crippen molar-refractivity contribution in [2.24, 2.45) is 0 Å². The van der Waals surface area contributed by atoms with Crippen LogP contribution < -0.4 is 15.1 Å². The largest absolute Gasteiger partial charge is 0.504 e. The lowest BCUT2D eigenvalue weighted by atomic mass is 10.2. The van der Waals surface area contributed by atoms with Crippen LogP contribution in [0.5, 0.6) is 17.2 Å². The fourth-order valence-corrected chi connectivity index (χ4v) is 2.15. The summed E-state index contributed by atoms with van der Waals surface area (Å²) >= 11 is 0. The number of hydrogen-bond acceptors (Lipinski definition) is 7. The van der Waals surface area contributed by atoms with Gasteiger partial charge in [0.25, 0.3) is 0 Å². The van der Waals surface area contributed by atoms with Crippen molar-refractivity contribution in [2.75, 3.05) is 19.8 Å². The lowest BCUT2D eigenvalue weighted by molar-refractivity contribution is -0.141. The Bertz CT molecular complexity index is 779. The molecule has 0 saturated carbocycles. The first-order valence-corrected chi connectivity index (χ1v) is 8.21. The van der Waals surface area contributed by atoms with Crippen LogP contribution in [0.3, 0.4) is 0 Å². The van der Waals surface area contributed by atoms with Crippen LogP contribution in [0.1, 0.15) is 33.1 Å². The zero-order chi connectivity index (χ0) is 18.2. The number of unbranched alkanes of at least 4 members (excludes halogenated alkanes) is 1. The molecular formula is C18H22O7. The Morgan fingerprint density at radius 1 is 1.16 bits per heavy atom. The number of fused-ring (bicyclic) bond motifs is 1. The van der Waals surface area contributed by atoms with Crippen LogP contribution in [0, 0.1) is 0 Å². The van der Waals surface area contributed by atoms with Gasteiger partial charge in [-0.1, -0.05) is 13.3 Å². The number of esters is 1. The standard InChI is InChI=1S/C18H22O7/c1-3-4-8-24-17-16(20)14-11-13(6-7-15(14)25-18(17)21)23-10-5-9-22-12(2)19/h6-7,11,20H,3-5,8-10H2,1-2H3. The molecule has 1 heterocycles. The van der Waals surface area contributed by atoms with Gasteiger partial charge in [0.1, 0.15) is 11.3 Å². The normalized spacial score (nSPS) is 10.6. The summed E-state index contributed by atoms with van der Waals surface area (Å²) < 4.78 is 20.9. The first-order valence-electron chi connectivity index (χ1n) is 8.21. The fourth-order valence-electron chi connectivity index (χ4n) is 2.15. The molecule has 0 aliphatic heterocycles. The first kappa shape index (κ1) is 18.6. The maximum Gasteiger partial charge on any atom is 0.383 e. The Balaban J connectivity index is 2.11. The highest BCUT2D eigenvalue weighted by atomic mass is 16.5. The van der Waals surface area contributed by atoms with E-state index in [9.17, 15) is 14.7 Å². The third-order valence-electron chi connectivity index (χ3n) is 3.42. The van der Waals surface area contributed by atoms with E-state index < -0.39 is 5.63 Å². The lowest BCUT2D eigenvalue weighted by Gasteiger charge is -2.10. The van der Waals surface area contributed by atoms with Gasteiger partial charge >= 0.3 is 11.6 Å². The van der Waals surface area contributed by atoms with Gasteiger partial charge in [0.2, 0.25) is 5.75 Å². The Morgan fingerprint density at radius 3 is 2.64 bits per heavy atom. The molecule has 2 aromatic rings. The highest BCUT2D eigenvalue weighted by molar-refractivity contribution is 5.86. The molecule has 2 rings (SSSR count). The summed E-state index contributed by atoms with van der Waals surface area (Å²) in [5, 5.41) is 10.7. The van der Waals surface area contributed by atoms with Crippen LogP contribution in [0.4, 0.5) is 0 Å². The molecule has 25 heavy (non-hydrogen) atoms. The minimum absolute atomic E-state index is 0.187. The Hall–Kier alpha value is -2.70. The molecule has 0 unspecified atom stereocenters. The number of aromatic hydroxyl groups is 1. The molecule has 1 aromatic carbocycles. The predicted molar refractivity (Wildman–Crippen MR) is 91.3 cm³/mol. The van der Waals surface area contributed by atoms with Crippen LogP contribution in [0.25, 0.3) is 11.0 Å². The summed E-state index contributed by atoms with van der Waals surface area (Å²) in [7, 11) is 0. The molecule has 0 spiro atoms. The van der Waals surface area contributed by atoms with Crippen molar-refractivity contribution in [3.05, 3.63) is 28.6 Å². The molecule has 0 aliphatic carbocycles. The van der Waals surface area contributed by atoms with Gasteiger partial charge in [-0.25, -0.2) is 4.79 Å². The monoisotopic (exact) mass is 350 g/mol. The second-order valence-corrected chi connectivity index (χ2v) is 5.47. The van der Waals surface area contributed by atoms with Gasteiger partial charge in [-0.2, -0.15) is 0 Å². The number of rotatable bonds is 9. The summed E-state index contributed by atoms with van der Waals surface area (Å²) in [6.45, 7) is 4.29. The highest BCUT2D eigenvalue weighted by Gasteiger charge is 2.16. The third-order valence-corrected chi connectivity index (χ3v) is 3.42. The zero-order valence-corrected chi connectivity index (χ0v) is 14.4. The minimum Gasteiger partial charge on any atom is -0.504 e. The predicted octanol–water partition coefficient (Wildman–Crippen LogP) is 3.01. The van der Waals surface area contributed by atoms with Crippen LogP contribution >= 0.6 is 0 Å². The molecule has 0 amide bonds. The Kier molecular flexibility index (Phi) is 6.68. The van der Waals surface area contributed by atoms with Gasteiger partial charge in [0, 0.05) is 13.3 Å². The van der Waals surface area contributed by atoms with E-state index in [0.717, 1.165) is 12.8 Å². The summed E-state index contributed by atoms with van der Waals surface area (Å²) in [5.74, 6) is -0.277. The van der Waals surface area contributed by atoms with Gasteiger partial charge < -0.3 is 23.7 Å². The van der Waals surface area contributed by atoms with E-state index in [1.54, 1.807) is 18.2 Å². The number of hydrogen-bond donors (Lipinski definition) is 1. The van der Waals surface area contributed by atoms with Crippen molar-refractivity contribution < 1.29 is 28.5 Å². The smallest absolute Gasteiger partial charge is 0.383 e. The molecule has 7 heteroatoms. The van der Waals surface area contributed by atoms with Gasteiger partial charge in [-0.15, -0.1) is 0 Å². The second kappa shape index (κ2) is 8.96. The van der Waals surface area contributed by atoms with Gasteiger partial charge in [0.15, 0.2) is 5.75 Å². The molecule has 0 radical (unpaired) electrons. The van der Waals surface area contributed by atoms with Crippen molar-refractivity contribution in [3.8, 4) is 17.2 Å². The minimum atomic E-state index is -0.712. The molecule has 0 atom stereocenters. The van der Waals surface area contributed by atoms with Gasteiger partial charge in [0.05, 0.1) is 25.2 Å². The Labute approximate surface area is 145 Å². The molecule has 136 valence electrons. The number of carbonyl (C=O) groups excluding carboxylic acids is 1. The molecule has 0 bridgehead atoms. The SMILES string of the molecule is CCCCOc1c(O)c2cc(OCCCOC(C)=O)ccc2oc1=O. The molecule has 0 saturated heterocycles. The van der Waals surface area contributed by atoms with E-state index in [2.05, 4.69) is 0 Å². The molecule has 7 nitrogen and oxygen atoms in total. The van der Waals surface area contributed by atoms with E-state index in [-0.39, 0.29) is 29.7 Å². The van der Waals surface area contributed by atoms with Gasteiger partial charge in [-0.05, 0) is 24.6 Å². The summed E-state index contributed by atoms with van der Waals surface area (Å²) in [5.41, 5.74) is -0.464. The highest BCUT2D eigenvalue weighted by Crippen LogP contribution is 2.33. The summed E-state index contributed by atoms with van der Waals surface area (Å²) in [4.78, 5) is 22.6. The Morgan fingerprint density at radius 2 is 1.92 bits per heavy atom. The van der Waals surface area contributed by atoms with E-state index in [0.29, 0.717) is 30.8 Å². The van der Waals surface area contributed by atoms with Gasteiger partial charge in [-0.3, -0.25) is 4.79 Å². The number of carbonyl (C=O) groups is 1. The van der Waals surface area contributed by atoms with Crippen molar-refractivity contribution in [1.82, 2.24) is 0 Å². The zero-order valence-electron chi connectivity index (χ0n) is 14.4. The summed E-state index contributed by atoms with van der Waals surface area (Å²) in [6.07, 6.45) is 2.21. The average Bonchev–Trinajstić information content (AvgIpc) is 2.58. The first-order chi connectivity index (χ1) is 12.0. The summed E-state index contributed by atoms with van der Waals surface area (Å²) in [6, 6.07) is 4.76. The molecule has 1 aromatic heterocycles. The van der Waals surface area contributed by atoms with Crippen molar-refractivity contribution in [2.45, 2.75) is 33.1 Å². The molecule has 1 N–H and O–H groups in total. The van der Waals surface area contributed by atoms with E-state index >= 15 is 0 Å². The van der Waals surface area contributed by atoms with Crippen molar-refractivity contribution >= 4 is 16.9 Å². The van der Waals surface area contributed by atoms with Crippen LogP contribution in [-0.4, -0.2) is 30.9 Å². The molecular weight excluding hydrogens is 328 g/mol. The van der Waals surface area contributed by atoms with E-state index in [1.807, 2.05) is 6.92 Å². The maximum atomic E-state index is 11.9. The molecule has 0 aliphatic rings.